The highest BCUT2D eigenvalue weighted by atomic mass is 16.5. The fraction of sp³-hybridized carbons (Fsp3) is 0.393. The Bertz CT molecular complexity index is 1180. The van der Waals surface area contributed by atoms with Crippen LogP contribution in [0.25, 0.3) is 18.2 Å². The standard InChI is InChI=1S/C28H32O5/c1-18-6-5-13-27(2,3)22(18)12-15-28(4)14-11-21-25(33-28)17-20(32-26(21)31)9-7-19-8-10-23(29)24(30)16-19/h7-11,14,16-17,22,29-30H,1,5-6,12-13,15H2,2-4H3. The minimum absolute atomic E-state index is 0.188. The lowest BCUT2D eigenvalue weighted by Gasteiger charge is -2.42. The van der Waals surface area contributed by atoms with Gasteiger partial charge in [-0.1, -0.05) is 38.1 Å². The average Bonchev–Trinajstić information content (AvgIpc) is 2.73. The maximum Gasteiger partial charge on any atom is 0.347 e. The number of phenols is 2. The lowest BCUT2D eigenvalue weighted by molar-refractivity contribution is 0.0979. The Morgan fingerprint density at radius 1 is 1.15 bits per heavy atom. The quantitative estimate of drug-likeness (QED) is 0.400. The molecular weight excluding hydrogens is 416 g/mol. The Balaban J connectivity index is 1.52. The van der Waals surface area contributed by atoms with Crippen molar-refractivity contribution in [3.8, 4) is 17.2 Å². The monoisotopic (exact) mass is 448 g/mol. The first-order valence-corrected chi connectivity index (χ1v) is 11.5. The molecule has 0 bridgehead atoms. The molecule has 33 heavy (non-hydrogen) atoms. The van der Waals surface area contributed by atoms with Crippen LogP contribution in [-0.4, -0.2) is 15.8 Å². The number of benzene rings is 1. The average molecular weight is 449 g/mol. The first-order valence-electron chi connectivity index (χ1n) is 11.5. The van der Waals surface area contributed by atoms with Crippen molar-refractivity contribution in [2.75, 3.05) is 0 Å². The number of hydrogen-bond acceptors (Lipinski definition) is 5. The zero-order chi connectivity index (χ0) is 23.8. The molecule has 0 amide bonds. The lowest BCUT2D eigenvalue weighted by atomic mass is 9.64. The van der Waals surface area contributed by atoms with Crippen molar-refractivity contribution in [3.63, 3.8) is 0 Å². The molecule has 1 aromatic heterocycles. The topological polar surface area (TPSA) is 79.9 Å². The Kier molecular flexibility index (Phi) is 6.00. The summed E-state index contributed by atoms with van der Waals surface area (Å²) in [6.45, 7) is 11.0. The molecule has 5 nitrogen and oxygen atoms in total. The molecule has 1 aliphatic carbocycles. The summed E-state index contributed by atoms with van der Waals surface area (Å²) in [5, 5.41) is 19.1. The van der Waals surface area contributed by atoms with Gasteiger partial charge in [-0.25, -0.2) is 4.79 Å². The minimum atomic E-state index is -0.516. The van der Waals surface area contributed by atoms with Crippen LogP contribution < -0.4 is 10.4 Å². The Hall–Kier alpha value is -3.21. The van der Waals surface area contributed by atoms with E-state index in [4.69, 9.17) is 9.15 Å². The third kappa shape index (κ3) is 4.92. The van der Waals surface area contributed by atoms with Gasteiger partial charge in [0.15, 0.2) is 11.5 Å². The van der Waals surface area contributed by atoms with Crippen LogP contribution in [0.5, 0.6) is 17.2 Å². The normalized spacial score (nSPS) is 24.0. The molecule has 0 radical (unpaired) electrons. The second-order valence-corrected chi connectivity index (χ2v) is 10.1. The summed E-state index contributed by atoms with van der Waals surface area (Å²) < 4.78 is 11.8. The molecule has 1 aliphatic heterocycles. The SMILES string of the molecule is C=C1CCCC(C)(C)C1CCC1(C)C=Cc2c(cc(C=Cc3ccc(O)c(O)c3)oc2=O)O1. The van der Waals surface area contributed by atoms with Gasteiger partial charge in [0.2, 0.25) is 0 Å². The van der Waals surface area contributed by atoms with Crippen LogP contribution >= 0.6 is 0 Å². The lowest BCUT2D eigenvalue weighted by Crippen LogP contribution is -2.36. The van der Waals surface area contributed by atoms with Gasteiger partial charge in [-0.05, 0) is 86.3 Å². The molecule has 2 aliphatic rings. The second-order valence-electron chi connectivity index (χ2n) is 10.1. The van der Waals surface area contributed by atoms with Gasteiger partial charge in [-0.3, -0.25) is 0 Å². The van der Waals surface area contributed by atoms with E-state index >= 15 is 0 Å². The minimum Gasteiger partial charge on any atom is -0.504 e. The van der Waals surface area contributed by atoms with E-state index in [0.29, 0.717) is 28.6 Å². The second kappa shape index (κ2) is 8.62. The molecule has 1 aromatic carbocycles. The maximum atomic E-state index is 12.5. The Morgan fingerprint density at radius 2 is 1.94 bits per heavy atom. The van der Waals surface area contributed by atoms with Crippen molar-refractivity contribution in [1.82, 2.24) is 0 Å². The Morgan fingerprint density at radius 3 is 2.67 bits per heavy atom. The molecule has 2 atom stereocenters. The maximum absolute atomic E-state index is 12.5. The molecule has 4 rings (SSSR count). The van der Waals surface area contributed by atoms with Crippen molar-refractivity contribution < 1.29 is 19.4 Å². The van der Waals surface area contributed by atoms with Crippen LogP contribution in [0.4, 0.5) is 0 Å². The fourth-order valence-corrected chi connectivity index (χ4v) is 5.02. The molecule has 0 spiro atoms. The van der Waals surface area contributed by atoms with E-state index in [1.54, 1.807) is 30.4 Å². The molecule has 2 unspecified atom stereocenters. The van der Waals surface area contributed by atoms with E-state index in [1.165, 1.54) is 30.5 Å². The van der Waals surface area contributed by atoms with Crippen LogP contribution in [0.3, 0.4) is 0 Å². The smallest absolute Gasteiger partial charge is 0.347 e. The number of ether oxygens (including phenoxy) is 1. The van der Waals surface area contributed by atoms with Gasteiger partial charge in [0.1, 0.15) is 22.7 Å². The molecule has 2 heterocycles. The number of hydrogen-bond donors (Lipinski definition) is 2. The van der Waals surface area contributed by atoms with Crippen LogP contribution in [0.2, 0.25) is 0 Å². The number of rotatable bonds is 5. The molecule has 2 aromatic rings. The summed E-state index contributed by atoms with van der Waals surface area (Å²) in [7, 11) is 0. The van der Waals surface area contributed by atoms with Crippen LogP contribution in [0.15, 0.2) is 51.7 Å². The molecule has 1 fully saturated rings. The summed E-state index contributed by atoms with van der Waals surface area (Å²) in [6.07, 6.45) is 12.4. The third-order valence-corrected chi connectivity index (χ3v) is 7.04. The summed E-state index contributed by atoms with van der Waals surface area (Å²) in [5.74, 6) is 0.920. The van der Waals surface area contributed by atoms with E-state index in [9.17, 15) is 15.0 Å². The molecular formula is C28H32O5. The Labute approximate surface area is 194 Å². The molecule has 0 saturated heterocycles. The highest BCUT2D eigenvalue weighted by molar-refractivity contribution is 5.70. The van der Waals surface area contributed by atoms with Gasteiger partial charge in [-0.15, -0.1) is 0 Å². The van der Waals surface area contributed by atoms with Crippen LogP contribution in [0, 0.1) is 11.3 Å². The molecule has 5 heteroatoms. The van der Waals surface area contributed by atoms with Crippen molar-refractivity contribution in [2.24, 2.45) is 11.3 Å². The van der Waals surface area contributed by atoms with Gasteiger partial charge >= 0.3 is 5.63 Å². The number of fused-ring (bicyclic) bond motifs is 1. The number of aromatic hydroxyl groups is 2. The van der Waals surface area contributed by atoms with Crippen molar-refractivity contribution in [3.05, 3.63) is 69.8 Å². The van der Waals surface area contributed by atoms with Crippen LogP contribution in [-0.2, 0) is 0 Å². The van der Waals surface area contributed by atoms with Gasteiger partial charge in [0.05, 0.1) is 0 Å². The van der Waals surface area contributed by atoms with Crippen molar-refractivity contribution >= 4 is 18.2 Å². The zero-order valence-corrected chi connectivity index (χ0v) is 19.6. The highest BCUT2D eigenvalue weighted by Gasteiger charge is 2.37. The number of allylic oxidation sites excluding steroid dienone is 1. The first kappa shape index (κ1) is 23.0. The summed E-state index contributed by atoms with van der Waals surface area (Å²) in [4.78, 5) is 12.5. The van der Waals surface area contributed by atoms with Gasteiger partial charge < -0.3 is 19.4 Å². The van der Waals surface area contributed by atoms with E-state index in [-0.39, 0.29) is 16.9 Å². The van der Waals surface area contributed by atoms with Gasteiger partial charge in [0.25, 0.3) is 0 Å². The number of phenolic OH excluding ortho intramolecular Hbond substituents is 2. The van der Waals surface area contributed by atoms with E-state index < -0.39 is 11.2 Å². The van der Waals surface area contributed by atoms with Crippen LogP contribution in [0.1, 0.15) is 69.8 Å². The van der Waals surface area contributed by atoms with E-state index in [0.717, 1.165) is 19.3 Å². The highest BCUT2D eigenvalue weighted by Crippen LogP contribution is 2.46. The largest absolute Gasteiger partial charge is 0.504 e. The van der Waals surface area contributed by atoms with Gasteiger partial charge in [0, 0.05) is 6.07 Å². The third-order valence-electron chi connectivity index (χ3n) is 7.04. The fourth-order valence-electron chi connectivity index (χ4n) is 5.02. The zero-order valence-electron chi connectivity index (χ0n) is 19.6. The molecule has 174 valence electrons. The predicted molar refractivity (Wildman–Crippen MR) is 131 cm³/mol. The summed E-state index contributed by atoms with van der Waals surface area (Å²) >= 11 is 0. The van der Waals surface area contributed by atoms with Crippen molar-refractivity contribution in [1.29, 1.82) is 0 Å². The molecule has 1 saturated carbocycles. The van der Waals surface area contributed by atoms with Gasteiger partial charge in [-0.2, -0.15) is 0 Å². The first-order chi connectivity index (χ1) is 15.6. The van der Waals surface area contributed by atoms with Crippen molar-refractivity contribution in [2.45, 2.75) is 58.5 Å². The summed E-state index contributed by atoms with van der Waals surface area (Å²) in [6, 6.07) is 6.20. The predicted octanol–water partition coefficient (Wildman–Crippen LogP) is 6.55. The van der Waals surface area contributed by atoms with E-state index in [2.05, 4.69) is 20.4 Å². The summed E-state index contributed by atoms with van der Waals surface area (Å²) in [5.41, 5.74) is 1.67. The molecule has 2 N–H and O–H groups in total. The van der Waals surface area contributed by atoms with E-state index in [1.807, 2.05) is 13.0 Å².